The number of thioether (sulfide) groups is 1. The third-order valence-corrected chi connectivity index (χ3v) is 7.94. The predicted octanol–water partition coefficient (Wildman–Crippen LogP) is 5.91. The molecule has 1 heterocycles. The van der Waals surface area contributed by atoms with Gasteiger partial charge in [-0.05, 0) is 55.5 Å². The summed E-state index contributed by atoms with van der Waals surface area (Å²) in [6.45, 7) is 2.67. The van der Waals surface area contributed by atoms with Gasteiger partial charge in [-0.15, -0.1) is 0 Å². The van der Waals surface area contributed by atoms with Gasteiger partial charge in [-0.3, -0.25) is 9.36 Å². The highest BCUT2D eigenvalue weighted by atomic mass is 32.2. The number of aromatic nitrogens is 2. The first-order chi connectivity index (χ1) is 16.6. The quantitative estimate of drug-likeness (QED) is 0.416. The minimum Gasteiger partial charge on any atom is -0.458 e. The van der Waals surface area contributed by atoms with Crippen molar-refractivity contribution in [3.63, 3.8) is 0 Å². The molecule has 6 heteroatoms. The minimum atomic E-state index is -0.336. The third kappa shape index (κ3) is 4.31. The van der Waals surface area contributed by atoms with E-state index >= 15 is 0 Å². The topological polar surface area (TPSA) is 61.2 Å². The van der Waals surface area contributed by atoms with Crippen LogP contribution in [0.25, 0.3) is 11.3 Å². The molecule has 2 aromatic carbocycles. The lowest BCUT2D eigenvalue weighted by atomic mass is 9.68. The number of hydrogen-bond acceptors (Lipinski definition) is 5. The van der Waals surface area contributed by atoms with E-state index in [0.29, 0.717) is 24.7 Å². The summed E-state index contributed by atoms with van der Waals surface area (Å²) in [6, 6.07) is 18.6. The van der Waals surface area contributed by atoms with E-state index in [1.807, 2.05) is 28.8 Å². The van der Waals surface area contributed by atoms with Gasteiger partial charge < -0.3 is 4.74 Å². The number of benzene rings is 2. The van der Waals surface area contributed by atoms with E-state index in [9.17, 15) is 9.59 Å². The van der Waals surface area contributed by atoms with Crippen LogP contribution in [-0.4, -0.2) is 21.5 Å². The highest BCUT2D eigenvalue weighted by Gasteiger charge is 2.44. The molecule has 2 aliphatic carbocycles. The Morgan fingerprint density at radius 1 is 1.09 bits per heavy atom. The number of ether oxygens (including phenoxy) is 1. The zero-order valence-corrected chi connectivity index (χ0v) is 20.4. The standard InChI is InChI=1S/C28H30N2O3S/c1-2-33-27(32)34-19-23-29-25-22-13-7-6-12-21(22)18-28(15-8-9-16-28)24(25)26(31)30(23)17-14-20-10-4-3-5-11-20/h3-7,10-13H,2,8-9,14-19H2,1H3. The molecule has 1 fully saturated rings. The highest BCUT2D eigenvalue weighted by molar-refractivity contribution is 8.12. The molecule has 34 heavy (non-hydrogen) atoms. The SMILES string of the molecule is CCOC(=O)SCc1nc2c(c(=O)n1CCc1ccccc1)C1(CCCC1)Cc1ccccc1-2. The molecule has 5 rings (SSSR count). The molecule has 5 nitrogen and oxygen atoms in total. The van der Waals surface area contributed by atoms with E-state index in [1.165, 1.54) is 11.1 Å². The Kier molecular flexibility index (Phi) is 6.59. The van der Waals surface area contributed by atoms with Crippen LogP contribution in [0, 0.1) is 0 Å². The molecule has 0 atom stereocenters. The molecule has 176 valence electrons. The third-order valence-electron chi connectivity index (χ3n) is 7.19. The molecule has 1 spiro atoms. The number of rotatable bonds is 6. The van der Waals surface area contributed by atoms with Crippen molar-refractivity contribution in [2.45, 2.75) is 63.2 Å². The molecule has 1 saturated carbocycles. The van der Waals surface area contributed by atoms with Gasteiger partial charge in [-0.25, -0.2) is 9.78 Å². The lowest BCUT2D eigenvalue weighted by molar-refractivity contribution is 0.181. The Morgan fingerprint density at radius 3 is 2.59 bits per heavy atom. The van der Waals surface area contributed by atoms with Gasteiger partial charge in [0.15, 0.2) is 0 Å². The maximum atomic E-state index is 14.2. The number of carbonyl (C=O) groups excluding carboxylic acids is 1. The van der Waals surface area contributed by atoms with E-state index in [-0.39, 0.29) is 16.3 Å². The zero-order valence-electron chi connectivity index (χ0n) is 19.6. The average molecular weight is 475 g/mol. The maximum absolute atomic E-state index is 14.2. The molecule has 0 unspecified atom stereocenters. The lowest BCUT2D eigenvalue weighted by Gasteiger charge is -2.36. The molecule has 0 N–H and O–H groups in total. The van der Waals surface area contributed by atoms with E-state index < -0.39 is 0 Å². The van der Waals surface area contributed by atoms with Gasteiger partial charge in [-0.1, -0.05) is 67.4 Å². The van der Waals surface area contributed by atoms with Crippen LogP contribution in [0.2, 0.25) is 0 Å². The summed E-state index contributed by atoms with van der Waals surface area (Å²) in [7, 11) is 0. The average Bonchev–Trinajstić information content (AvgIpc) is 3.31. The second-order valence-electron chi connectivity index (χ2n) is 9.24. The van der Waals surface area contributed by atoms with Crippen molar-refractivity contribution < 1.29 is 9.53 Å². The summed E-state index contributed by atoms with van der Waals surface area (Å²) in [5, 5.41) is -0.336. The molecule has 0 bridgehead atoms. The predicted molar refractivity (Wildman–Crippen MR) is 136 cm³/mol. The van der Waals surface area contributed by atoms with Crippen LogP contribution in [0.5, 0.6) is 0 Å². The van der Waals surface area contributed by atoms with Crippen molar-refractivity contribution in [3.05, 3.63) is 87.5 Å². The molecule has 0 radical (unpaired) electrons. The fraction of sp³-hybridized carbons (Fsp3) is 0.393. The summed E-state index contributed by atoms with van der Waals surface area (Å²) in [4.78, 5) is 31.4. The van der Waals surface area contributed by atoms with E-state index in [4.69, 9.17) is 9.72 Å². The van der Waals surface area contributed by atoms with Crippen molar-refractivity contribution >= 4 is 17.1 Å². The number of aryl methyl sites for hydroxylation is 1. The van der Waals surface area contributed by atoms with Gasteiger partial charge in [0.2, 0.25) is 0 Å². The summed E-state index contributed by atoms with van der Waals surface area (Å²) in [5.74, 6) is 0.952. The lowest BCUT2D eigenvalue weighted by Crippen LogP contribution is -2.41. The van der Waals surface area contributed by atoms with E-state index in [1.54, 1.807) is 6.92 Å². The molecular weight excluding hydrogens is 444 g/mol. The fourth-order valence-corrected chi connectivity index (χ4v) is 6.29. The van der Waals surface area contributed by atoms with Gasteiger partial charge in [0.05, 0.1) is 23.6 Å². The van der Waals surface area contributed by atoms with Crippen LogP contribution < -0.4 is 5.56 Å². The van der Waals surface area contributed by atoms with Crippen LogP contribution in [0.3, 0.4) is 0 Å². The van der Waals surface area contributed by atoms with Crippen molar-refractivity contribution in [1.29, 1.82) is 0 Å². The minimum absolute atomic E-state index is 0.0665. The maximum Gasteiger partial charge on any atom is 0.367 e. The summed E-state index contributed by atoms with van der Waals surface area (Å²) in [6.07, 6.45) is 5.99. The van der Waals surface area contributed by atoms with Crippen LogP contribution >= 0.6 is 11.8 Å². The van der Waals surface area contributed by atoms with Gasteiger partial charge in [0.1, 0.15) is 5.82 Å². The molecule has 3 aromatic rings. The van der Waals surface area contributed by atoms with Crippen LogP contribution in [-0.2, 0) is 35.3 Å². The van der Waals surface area contributed by atoms with Gasteiger partial charge in [0.25, 0.3) is 5.56 Å². The fourth-order valence-electron chi connectivity index (χ4n) is 5.62. The van der Waals surface area contributed by atoms with Crippen LogP contribution in [0.1, 0.15) is 55.1 Å². The van der Waals surface area contributed by atoms with Gasteiger partial charge in [0, 0.05) is 17.5 Å². The Bertz CT molecular complexity index is 1250. The molecule has 1 aromatic heterocycles. The Morgan fingerprint density at radius 2 is 1.82 bits per heavy atom. The number of nitrogens with zero attached hydrogens (tertiary/aromatic N) is 2. The zero-order chi connectivity index (χ0) is 23.5. The van der Waals surface area contributed by atoms with Crippen molar-refractivity contribution in [2.24, 2.45) is 0 Å². The monoisotopic (exact) mass is 474 g/mol. The van der Waals surface area contributed by atoms with Gasteiger partial charge >= 0.3 is 5.30 Å². The molecule has 0 aliphatic heterocycles. The Labute approximate surface area is 204 Å². The first-order valence-electron chi connectivity index (χ1n) is 12.2. The second kappa shape index (κ2) is 9.79. The Balaban J connectivity index is 1.62. The van der Waals surface area contributed by atoms with Crippen LogP contribution in [0.15, 0.2) is 59.4 Å². The number of hydrogen-bond donors (Lipinski definition) is 0. The normalized spacial score (nSPS) is 15.7. The second-order valence-corrected chi connectivity index (χ2v) is 10.1. The molecular formula is C28H30N2O3S. The van der Waals surface area contributed by atoms with Crippen molar-refractivity contribution in [3.8, 4) is 11.3 Å². The first-order valence-corrected chi connectivity index (χ1v) is 13.2. The Hall–Kier alpha value is -2.86. The summed E-state index contributed by atoms with van der Waals surface area (Å²) >= 11 is 1.07. The molecule has 2 aliphatic rings. The first kappa shape index (κ1) is 22.9. The summed E-state index contributed by atoms with van der Waals surface area (Å²) in [5.41, 5.74) is 5.16. The smallest absolute Gasteiger partial charge is 0.367 e. The van der Waals surface area contributed by atoms with Crippen molar-refractivity contribution in [1.82, 2.24) is 9.55 Å². The van der Waals surface area contributed by atoms with E-state index in [2.05, 4.69) is 30.3 Å². The van der Waals surface area contributed by atoms with Gasteiger partial charge in [-0.2, -0.15) is 0 Å². The van der Waals surface area contributed by atoms with Crippen LogP contribution in [0.4, 0.5) is 4.79 Å². The highest BCUT2D eigenvalue weighted by Crippen LogP contribution is 2.49. The van der Waals surface area contributed by atoms with Crippen molar-refractivity contribution in [2.75, 3.05) is 6.61 Å². The number of fused-ring (bicyclic) bond motifs is 4. The molecule has 0 saturated heterocycles. The summed E-state index contributed by atoms with van der Waals surface area (Å²) < 4.78 is 6.94. The van der Waals surface area contributed by atoms with E-state index in [0.717, 1.165) is 67.1 Å². The number of carbonyl (C=O) groups is 1. The largest absolute Gasteiger partial charge is 0.458 e. The molecule has 0 amide bonds.